The molecular formula is C24H31N5O3. The molecule has 1 spiro atoms. The van der Waals surface area contributed by atoms with Gasteiger partial charge in [0, 0.05) is 24.4 Å². The van der Waals surface area contributed by atoms with Crippen molar-refractivity contribution in [2.24, 2.45) is 17.3 Å². The Balaban J connectivity index is 1.32. The van der Waals surface area contributed by atoms with Crippen molar-refractivity contribution in [3.63, 3.8) is 0 Å². The summed E-state index contributed by atoms with van der Waals surface area (Å²) in [6.45, 7) is 9.39. The van der Waals surface area contributed by atoms with Crippen LogP contribution in [0, 0.1) is 17.3 Å². The summed E-state index contributed by atoms with van der Waals surface area (Å²) in [5, 5.41) is 7.42. The maximum atomic E-state index is 12.3. The van der Waals surface area contributed by atoms with Crippen LogP contribution < -0.4 is 5.32 Å². The number of rotatable bonds is 3. The highest BCUT2D eigenvalue weighted by Gasteiger charge is 2.48. The third-order valence-electron chi connectivity index (χ3n) is 6.57. The van der Waals surface area contributed by atoms with Crippen molar-refractivity contribution in [3.8, 4) is 0 Å². The molecule has 0 aromatic carbocycles. The largest absolute Gasteiger partial charge is 0.444 e. The third kappa shape index (κ3) is 3.98. The molecule has 3 heterocycles. The summed E-state index contributed by atoms with van der Waals surface area (Å²) in [7, 11) is 0. The van der Waals surface area contributed by atoms with Gasteiger partial charge in [0.15, 0.2) is 5.65 Å². The molecule has 2 aromatic heterocycles. The van der Waals surface area contributed by atoms with E-state index in [4.69, 9.17) is 4.74 Å². The van der Waals surface area contributed by atoms with E-state index in [1.807, 2.05) is 42.3 Å². The number of fused-ring (bicyclic) bond motifs is 1. The molecule has 2 fully saturated rings. The minimum absolute atomic E-state index is 0.00849. The van der Waals surface area contributed by atoms with Gasteiger partial charge in [0.25, 0.3) is 0 Å². The normalized spacial score (nSPS) is 22.4. The summed E-state index contributed by atoms with van der Waals surface area (Å²) < 4.78 is 7.34. The lowest BCUT2D eigenvalue weighted by Crippen LogP contribution is -2.60. The van der Waals surface area contributed by atoms with E-state index in [1.165, 1.54) is 5.57 Å². The molecule has 8 heteroatoms. The minimum Gasteiger partial charge on any atom is -0.444 e. The molecule has 1 N–H and O–H groups in total. The number of nitrogens with one attached hydrogen (secondary N) is 1. The number of hydrogen-bond acceptors (Lipinski definition) is 5. The zero-order valence-corrected chi connectivity index (χ0v) is 19.2. The zero-order chi connectivity index (χ0) is 22.7. The molecular weight excluding hydrogens is 406 g/mol. The van der Waals surface area contributed by atoms with Crippen LogP contribution in [0.1, 0.15) is 59.1 Å². The van der Waals surface area contributed by atoms with Gasteiger partial charge in [-0.15, -0.1) is 5.10 Å². The first kappa shape index (κ1) is 21.0. The number of carbonyl (C=O) groups excluding carboxylic acids is 2. The Morgan fingerprint density at radius 3 is 2.62 bits per heavy atom. The third-order valence-corrected chi connectivity index (χ3v) is 6.57. The summed E-state index contributed by atoms with van der Waals surface area (Å²) >= 11 is 0. The van der Waals surface area contributed by atoms with Gasteiger partial charge >= 0.3 is 6.09 Å². The second-order valence-corrected chi connectivity index (χ2v) is 10.7. The molecule has 5 rings (SSSR count). The number of likely N-dealkylation sites (tertiary alicyclic amines) is 1. The summed E-state index contributed by atoms with van der Waals surface area (Å²) in [6.07, 6.45) is 5.89. The van der Waals surface area contributed by atoms with Gasteiger partial charge in [0.1, 0.15) is 5.60 Å². The van der Waals surface area contributed by atoms with Gasteiger partial charge < -0.3 is 9.64 Å². The molecule has 2 amide bonds. The van der Waals surface area contributed by atoms with E-state index in [2.05, 4.69) is 34.5 Å². The number of allylic oxidation sites excluding steroid dienone is 2. The van der Waals surface area contributed by atoms with Crippen molar-refractivity contribution in [2.75, 3.05) is 18.4 Å². The summed E-state index contributed by atoms with van der Waals surface area (Å²) in [5.41, 5.74) is 2.62. The van der Waals surface area contributed by atoms with E-state index in [9.17, 15) is 9.59 Å². The van der Waals surface area contributed by atoms with E-state index in [-0.39, 0.29) is 23.3 Å². The summed E-state index contributed by atoms with van der Waals surface area (Å²) in [4.78, 5) is 30.8. The molecule has 1 saturated carbocycles. The van der Waals surface area contributed by atoms with Crippen LogP contribution in [0.5, 0.6) is 0 Å². The Hall–Kier alpha value is -2.90. The first-order chi connectivity index (χ1) is 15.1. The van der Waals surface area contributed by atoms with Crippen molar-refractivity contribution in [2.45, 2.75) is 59.0 Å². The minimum atomic E-state index is -0.472. The van der Waals surface area contributed by atoms with Gasteiger partial charge in [0.2, 0.25) is 11.9 Å². The van der Waals surface area contributed by atoms with Crippen LogP contribution in [0.2, 0.25) is 0 Å². The van der Waals surface area contributed by atoms with Gasteiger partial charge in [-0.1, -0.05) is 19.1 Å². The van der Waals surface area contributed by atoms with Crippen molar-refractivity contribution < 1.29 is 14.3 Å². The molecule has 0 radical (unpaired) electrons. The summed E-state index contributed by atoms with van der Waals surface area (Å²) in [5.74, 6) is 0.806. The Labute approximate surface area is 188 Å². The molecule has 2 aromatic rings. The Morgan fingerprint density at radius 2 is 1.97 bits per heavy atom. The number of pyridine rings is 1. The highest BCUT2D eigenvalue weighted by molar-refractivity contribution is 5.92. The average Bonchev–Trinajstić information content (AvgIpc) is 3.44. The smallest absolute Gasteiger partial charge is 0.410 e. The van der Waals surface area contributed by atoms with Crippen LogP contribution in [-0.2, 0) is 9.53 Å². The lowest BCUT2D eigenvalue weighted by atomic mass is 9.65. The molecule has 3 aliphatic rings. The van der Waals surface area contributed by atoms with E-state index in [0.717, 1.165) is 50.1 Å². The number of nitrogens with zero attached hydrogens (tertiary/aromatic N) is 4. The fraction of sp³-hybridized carbons (Fsp3) is 0.583. The average molecular weight is 438 g/mol. The molecule has 1 unspecified atom stereocenters. The van der Waals surface area contributed by atoms with Gasteiger partial charge in [0.05, 0.1) is 5.69 Å². The van der Waals surface area contributed by atoms with Crippen LogP contribution in [-0.4, -0.2) is 50.2 Å². The van der Waals surface area contributed by atoms with Gasteiger partial charge in [-0.2, -0.15) is 4.98 Å². The second kappa shape index (κ2) is 7.32. The number of amides is 2. The fourth-order valence-corrected chi connectivity index (χ4v) is 4.94. The van der Waals surface area contributed by atoms with Crippen LogP contribution in [0.4, 0.5) is 10.7 Å². The van der Waals surface area contributed by atoms with Crippen molar-refractivity contribution in [3.05, 3.63) is 30.0 Å². The first-order valence-corrected chi connectivity index (χ1v) is 11.5. The maximum Gasteiger partial charge on any atom is 0.410 e. The predicted octanol–water partition coefficient (Wildman–Crippen LogP) is 4.13. The molecule has 8 nitrogen and oxygen atoms in total. The van der Waals surface area contributed by atoms with Gasteiger partial charge in [-0.25, -0.2) is 9.31 Å². The first-order valence-electron chi connectivity index (χ1n) is 11.5. The Bertz CT molecular complexity index is 1100. The number of aromatic nitrogens is 3. The van der Waals surface area contributed by atoms with Crippen molar-refractivity contribution >= 4 is 29.2 Å². The number of hydrogen-bond donors (Lipinski definition) is 1. The monoisotopic (exact) mass is 437 g/mol. The fourth-order valence-electron chi connectivity index (χ4n) is 4.94. The van der Waals surface area contributed by atoms with E-state index in [1.54, 1.807) is 0 Å². The van der Waals surface area contributed by atoms with Crippen LogP contribution in [0.25, 0.3) is 11.2 Å². The quantitative estimate of drug-likeness (QED) is 0.780. The topological polar surface area (TPSA) is 88.8 Å². The van der Waals surface area contributed by atoms with E-state index >= 15 is 0 Å². The maximum absolute atomic E-state index is 12.3. The van der Waals surface area contributed by atoms with E-state index < -0.39 is 5.60 Å². The standard InChI is InChI=1S/C24H31N5O3/c1-15-12-24(13-28(14-24)22(31)32-23(2,3)4)11-10-17(15)18-6-5-7-19-25-21(27-29(18)19)26-20(30)16-8-9-16/h5-7,10,15-16H,8-9,11-14H2,1-4H3,(H,26,27,30). The highest BCUT2D eigenvalue weighted by Crippen LogP contribution is 2.48. The molecule has 1 atom stereocenters. The van der Waals surface area contributed by atoms with E-state index in [0.29, 0.717) is 11.9 Å². The number of ether oxygens (including phenoxy) is 1. The molecule has 0 bridgehead atoms. The highest BCUT2D eigenvalue weighted by atomic mass is 16.6. The van der Waals surface area contributed by atoms with Crippen LogP contribution in [0.15, 0.2) is 24.3 Å². The molecule has 1 aliphatic heterocycles. The van der Waals surface area contributed by atoms with Crippen LogP contribution in [0.3, 0.4) is 0 Å². The summed E-state index contributed by atoms with van der Waals surface area (Å²) in [6, 6.07) is 5.95. The number of anilines is 1. The number of carbonyl (C=O) groups is 2. The van der Waals surface area contributed by atoms with Gasteiger partial charge in [-0.05, 0) is 70.1 Å². The molecule has 1 saturated heterocycles. The van der Waals surface area contributed by atoms with Crippen LogP contribution >= 0.6 is 0 Å². The Kier molecular flexibility index (Phi) is 4.80. The van der Waals surface area contributed by atoms with Crippen molar-refractivity contribution in [1.29, 1.82) is 0 Å². The van der Waals surface area contributed by atoms with Crippen molar-refractivity contribution in [1.82, 2.24) is 19.5 Å². The molecule has 2 aliphatic carbocycles. The predicted molar refractivity (Wildman–Crippen MR) is 121 cm³/mol. The molecule has 32 heavy (non-hydrogen) atoms. The SMILES string of the molecule is CC1CC2(CC=C1c1cccc3nc(NC(=O)C4CC4)nn13)CN(C(=O)OC(C)(C)C)C2. The lowest BCUT2D eigenvalue weighted by molar-refractivity contribution is -0.117. The zero-order valence-electron chi connectivity index (χ0n) is 19.2. The lowest BCUT2D eigenvalue weighted by Gasteiger charge is -2.52. The second-order valence-electron chi connectivity index (χ2n) is 10.7. The van der Waals surface area contributed by atoms with Gasteiger partial charge in [-0.3, -0.25) is 10.1 Å². The Morgan fingerprint density at radius 1 is 1.22 bits per heavy atom. The molecule has 170 valence electrons.